The Hall–Kier alpha value is -1.68. The van der Waals surface area contributed by atoms with Crippen molar-refractivity contribution in [2.75, 3.05) is 17.2 Å². The lowest BCUT2D eigenvalue weighted by molar-refractivity contribution is 0.439. The quantitative estimate of drug-likeness (QED) is 0.537. The molecule has 28 heavy (non-hydrogen) atoms. The Morgan fingerprint density at radius 2 is 1.71 bits per heavy atom. The number of hydrogen-bond donors (Lipinski definition) is 2. The first-order valence-corrected chi connectivity index (χ1v) is 12.1. The fraction of sp³-hybridized carbons (Fsp3) is 0.474. The van der Waals surface area contributed by atoms with E-state index in [4.69, 9.17) is 4.55 Å². The molecule has 1 atom stereocenters. The van der Waals surface area contributed by atoms with Gasteiger partial charge in [0.05, 0.1) is 11.4 Å². The van der Waals surface area contributed by atoms with Crippen LogP contribution >= 0.6 is 0 Å². The van der Waals surface area contributed by atoms with Gasteiger partial charge in [-0.05, 0) is 42.2 Å². The molecule has 0 saturated heterocycles. The molecule has 9 heteroatoms. The van der Waals surface area contributed by atoms with Crippen molar-refractivity contribution in [2.45, 2.75) is 50.0 Å². The molecule has 0 saturated carbocycles. The number of benzene rings is 2. The van der Waals surface area contributed by atoms with Crippen molar-refractivity contribution < 1.29 is 25.9 Å². The van der Waals surface area contributed by atoms with Crippen molar-refractivity contribution in [3.8, 4) is 0 Å². The largest absolute Gasteiger partial charge is 0.367 e. The number of fused-ring (bicyclic) bond motifs is 3. The number of unbranched alkanes of at least 4 members (excludes halogenated alkanes) is 1. The van der Waals surface area contributed by atoms with Crippen LogP contribution in [0.1, 0.15) is 39.2 Å². The molecule has 1 heterocycles. The summed E-state index contributed by atoms with van der Waals surface area (Å²) in [7, 11) is -8.49. The molecular weight excluding hydrogens is 402 g/mol. The Bertz CT molecular complexity index is 1120. The van der Waals surface area contributed by atoms with Gasteiger partial charge < -0.3 is 4.90 Å². The number of anilines is 1. The van der Waals surface area contributed by atoms with Crippen LogP contribution in [-0.2, 0) is 25.7 Å². The minimum atomic E-state index is -4.46. The van der Waals surface area contributed by atoms with E-state index < -0.39 is 25.7 Å². The van der Waals surface area contributed by atoms with E-state index in [0.29, 0.717) is 18.7 Å². The Balaban J connectivity index is 2.14. The molecule has 0 amide bonds. The number of hydrogen-bond acceptors (Lipinski definition) is 5. The first kappa shape index (κ1) is 21.0. The maximum absolute atomic E-state index is 12.2. The third-order valence-electron chi connectivity index (χ3n) is 5.76. The summed E-state index contributed by atoms with van der Waals surface area (Å²) in [4.78, 5) is 1.79. The van der Waals surface area contributed by atoms with Crippen molar-refractivity contribution in [1.29, 1.82) is 0 Å². The van der Waals surface area contributed by atoms with Gasteiger partial charge in [0.25, 0.3) is 20.2 Å². The monoisotopic (exact) mass is 427 g/mol. The second-order valence-corrected chi connectivity index (χ2v) is 10.8. The topological polar surface area (TPSA) is 112 Å². The van der Waals surface area contributed by atoms with Crippen LogP contribution in [0, 0.1) is 0 Å². The van der Waals surface area contributed by atoms with Crippen molar-refractivity contribution in [1.82, 2.24) is 0 Å². The molecule has 1 aliphatic rings. The normalized spacial score (nSPS) is 19.2. The van der Waals surface area contributed by atoms with Crippen LogP contribution < -0.4 is 4.90 Å². The predicted molar refractivity (Wildman–Crippen MR) is 109 cm³/mol. The minimum absolute atomic E-state index is 0.0699. The van der Waals surface area contributed by atoms with Crippen LogP contribution in [0.4, 0.5) is 5.69 Å². The Kier molecular flexibility index (Phi) is 5.24. The molecule has 0 aliphatic carbocycles. The summed E-state index contributed by atoms with van der Waals surface area (Å²) < 4.78 is 65.1. The highest BCUT2D eigenvalue weighted by molar-refractivity contribution is 7.86. The van der Waals surface area contributed by atoms with Gasteiger partial charge in [-0.2, -0.15) is 16.8 Å². The fourth-order valence-electron chi connectivity index (χ4n) is 4.11. The van der Waals surface area contributed by atoms with Crippen molar-refractivity contribution in [3.05, 3.63) is 35.9 Å². The van der Waals surface area contributed by atoms with Gasteiger partial charge in [-0.25, -0.2) is 0 Å². The van der Waals surface area contributed by atoms with Gasteiger partial charge in [0, 0.05) is 18.0 Å². The van der Waals surface area contributed by atoms with E-state index >= 15 is 0 Å². The average molecular weight is 428 g/mol. The van der Waals surface area contributed by atoms with E-state index in [-0.39, 0.29) is 23.1 Å². The zero-order valence-corrected chi connectivity index (χ0v) is 17.7. The van der Waals surface area contributed by atoms with Gasteiger partial charge >= 0.3 is 0 Å². The van der Waals surface area contributed by atoms with Crippen LogP contribution in [0.3, 0.4) is 0 Å². The molecule has 3 rings (SSSR count). The van der Waals surface area contributed by atoms with Gasteiger partial charge in [0.1, 0.15) is 4.90 Å². The summed E-state index contributed by atoms with van der Waals surface area (Å²) in [6.45, 7) is 6.48. The minimum Gasteiger partial charge on any atom is -0.367 e. The highest BCUT2D eigenvalue weighted by Crippen LogP contribution is 2.51. The molecular formula is C19H25NO6S2. The molecule has 2 aromatic carbocycles. The summed E-state index contributed by atoms with van der Waals surface area (Å²) in [6, 6.07) is 8.90. The van der Waals surface area contributed by atoms with Crippen LogP contribution in [-0.4, -0.2) is 44.3 Å². The molecule has 7 nitrogen and oxygen atoms in total. The molecule has 0 fully saturated rings. The van der Waals surface area contributed by atoms with Gasteiger partial charge in [-0.1, -0.05) is 38.1 Å². The molecule has 1 aliphatic heterocycles. The van der Waals surface area contributed by atoms with Gasteiger partial charge in [0.2, 0.25) is 0 Å². The standard InChI is InChI=1S/C19H25NO6S2/c1-13-19(2,3)17-15-9-5-4-8-14(15)12-16(28(24,25)26)18(17)20(13)10-6-7-11-27(21,22)23/h4-5,8-9,12-13H,6-7,10-11H2,1-3H3,(H,21,22,23)(H,24,25,26). The molecule has 2 aromatic rings. The predicted octanol–water partition coefficient (Wildman–Crippen LogP) is 3.24. The zero-order chi connectivity index (χ0) is 20.9. The van der Waals surface area contributed by atoms with E-state index in [1.54, 1.807) is 0 Å². The maximum Gasteiger partial charge on any atom is 0.296 e. The van der Waals surface area contributed by atoms with E-state index in [0.717, 1.165) is 16.3 Å². The molecule has 2 N–H and O–H groups in total. The molecule has 1 unspecified atom stereocenters. The van der Waals surface area contributed by atoms with Crippen LogP contribution in [0.15, 0.2) is 35.2 Å². The maximum atomic E-state index is 12.2. The summed E-state index contributed by atoms with van der Waals surface area (Å²) in [5, 5.41) is 1.67. The Morgan fingerprint density at radius 3 is 2.32 bits per heavy atom. The van der Waals surface area contributed by atoms with Crippen molar-refractivity contribution >= 4 is 36.7 Å². The van der Waals surface area contributed by atoms with E-state index in [1.165, 1.54) is 6.07 Å². The lowest BCUT2D eigenvalue weighted by Gasteiger charge is -2.31. The Labute approximate surface area is 165 Å². The summed E-state index contributed by atoms with van der Waals surface area (Å²) in [5.41, 5.74) is 0.949. The highest BCUT2D eigenvalue weighted by Gasteiger charge is 2.45. The van der Waals surface area contributed by atoms with Crippen molar-refractivity contribution in [2.24, 2.45) is 0 Å². The number of nitrogens with zero attached hydrogens (tertiary/aromatic N) is 1. The average Bonchev–Trinajstić information content (AvgIpc) is 2.77. The van der Waals surface area contributed by atoms with E-state index in [9.17, 15) is 21.4 Å². The van der Waals surface area contributed by atoms with Gasteiger partial charge in [0.15, 0.2) is 0 Å². The van der Waals surface area contributed by atoms with Gasteiger partial charge in [-0.15, -0.1) is 0 Å². The fourth-order valence-corrected chi connectivity index (χ4v) is 5.42. The third-order valence-corrected chi connectivity index (χ3v) is 7.43. The SMILES string of the molecule is CC1N(CCCCS(=O)(=O)O)c2c(S(=O)(=O)O)cc3ccccc3c2C1(C)C. The molecule has 0 aromatic heterocycles. The second kappa shape index (κ2) is 6.98. The van der Waals surface area contributed by atoms with E-state index in [2.05, 4.69) is 0 Å². The highest BCUT2D eigenvalue weighted by atomic mass is 32.2. The smallest absolute Gasteiger partial charge is 0.296 e. The van der Waals surface area contributed by atoms with E-state index in [1.807, 2.05) is 49.9 Å². The lowest BCUT2D eigenvalue weighted by atomic mass is 9.79. The first-order chi connectivity index (χ1) is 12.8. The van der Waals surface area contributed by atoms with Crippen molar-refractivity contribution in [3.63, 3.8) is 0 Å². The Morgan fingerprint density at radius 1 is 1.07 bits per heavy atom. The molecule has 0 radical (unpaired) electrons. The van der Waals surface area contributed by atoms with Crippen LogP contribution in [0.25, 0.3) is 10.8 Å². The molecule has 0 bridgehead atoms. The number of rotatable bonds is 6. The third kappa shape index (κ3) is 3.76. The summed E-state index contributed by atoms with van der Waals surface area (Å²) in [5.74, 6) is -0.339. The summed E-state index contributed by atoms with van der Waals surface area (Å²) >= 11 is 0. The first-order valence-electron chi connectivity index (χ1n) is 9.09. The molecule has 0 spiro atoms. The lowest BCUT2D eigenvalue weighted by Crippen LogP contribution is -2.39. The second-order valence-electron chi connectivity index (χ2n) is 7.88. The summed E-state index contributed by atoms with van der Waals surface area (Å²) in [6.07, 6.45) is 0.712. The molecule has 154 valence electrons. The van der Waals surface area contributed by atoms with Crippen LogP contribution in [0.5, 0.6) is 0 Å². The van der Waals surface area contributed by atoms with Gasteiger partial charge in [-0.3, -0.25) is 9.11 Å². The zero-order valence-electron chi connectivity index (χ0n) is 16.1. The van der Waals surface area contributed by atoms with Crippen LogP contribution in [0.2, 0.25) is 0 Å².